The summed E-state index contributed by atoms with van der Waals surface area (Å²) in [6.45, 7) is 4.35. The SMILES string of the molecule is C=C[C@@H]1C[C@]1(NC(=O)[C@@H]1C[C@@H]2C[C@H]1C(=O)N(C)CCCCCC=Cc1ccc3c(c1)C(=NO2)c1ccccc1-3)C(=O)NS(=O)(=O)C1CC1. The molecular weight excluding hydrogens is 628 g/mol. The fourth-order valence-electron chi connectivity index (χ4n) is 7.46. The van der Waals surface area contributed by atoms with Gasteiger partial charge in [0.2, 0.25) is 21.8 Å². The molecule has 0 unspecified atom stereocenters. The lowest BCUT2D eigenvalue weighted by atomic mass is 9.93. The highest BCUT2D eigenvalue weighted by atomic mass is 32.2. The van der Waals surface area contributed by atoms with Gasteiger partial charge in [-0.05, 0) is 74.1 Å². The third-order valence-corrected chi connectivity index (χ3v) is 12.4. The van der Waals surface area contributed by atoms with E-state index >= 15 is 0 Å². The van der Waals surface area contributed by atoms with Crippen molar-refractivity contribution < 1.29 is 27.6 Å². The standard InChI is InChI=1S/C37H42N4O6S/c1-3-24-22-37(24,36(44)40-48(45,46)26-15-16-26)38-34(42)31-20-25-21-32(31)35(43)41(2)18-10-6-4-5-7-11-23-14-17-28-27-12-8-9-13-29(27)33(39-47-25)30(28)19-23/h3,7-9,11-14,17,19,24-26,31-32H,1,4-6,10,15-16,18,20-22H2,2H3,(H,38,42)(H,40,44)/t24-,25-,31-,32-,37-/m1/s1. The molecule has 0 aromatic heterocycles. The molecule has 2 aromatic carbocycles. The zero-order chi connectivity index (χ0) is 33.6. The average Bonchev–Trinajstić information content (AvgIpc) is 3.99. The zero-order valence-corrected chi connectivity index (χ0v) is 28.0. The van der Waals surface area contributed by atoms with Gasteiger partial charge in [0, 0.05) is 30.6 Å². The van der Waals surface area contributed by atoms with Crippen molar-refractivity contribution in [3.63, 3.8) is 0 Å². The first-order chi connectivity index (χ1) is 23.1. The maximum atomic E-state index is 14.0. The molecule has 1 aliphatic heterocycles. The van der Waals surface area contributed by atoms with Gasteiger partial charge in [-0.15, -0.1) is 6.58 Å². The second-order valence-electron chi connectivity index (χ2n) is 13.9. The Labute approximate surface area is 281 Å². The number of hydrogen-bond donors (Lipinski definition) is 2. The summed E-state index contributed by atoms with van der Waals surface area (Å²) in [6, 6.07) is 14.4. The highest BCUT2D eigenvalue weighted by molar-refractivity contribution is 7.91. The van der Waals surface area contributed by atoms with Crippen LogP contribution in [0.4, 0.5) is 0 Å². The van der Waals surface area contributed by atoms with Crippen LogP contribution in [0.2, 0.25) is 0 Å². The average molecular weight is 671 g/mol. The Balaban J connectivity index is 1.17. The normalized spacial score (nSPS) is 28.3. The Hall–Kier alpha value is -4.25. The summed E-state index contributed by atoms with van der Waals surface area (Å²) in [7, 11) is -2.05. The minimum absolute atomic E-state index is 0.151. The summed E-state index contributed by atoms with van der Waals surface area (Å²) >= 11 is 0. The van der Waals surface area contributed by atoms with E-state index in [4.69, 9.17) is 4.84 Å². The molecule has 2 aromatic rings. The number of carbonyl (C=O) groups excluding carboxylic acids is 3. The first kappa shape index (κ1) is 32.3. The van der Waals surface area contributed by atoms with Gasteiger partial charge in [-0.2, -0.15) is 0 Å². The second kappa shape index (κ2) is 12.7. The molecule has 0 spiro atoms. The number of hydrogen-bond acceptors (Lipinski definition) is 7. The van der Waals surface area contributed by atoms with Crippen LogP contribution in [0.15, 0.2) is 66.4 Å². The molecule has 2 N–H and O–H groups in total. The van der Waals surface area contributed by atoms with Gasteiger partial charge < -0.3 is 15.1 Å². The lowest BCUT2D eigenvalue weighted by molar-refractivity contribution is -0.140. The van der Waals surface area contributed by atoms with Crippen LogP contribution in [0.3, 0.4) is 0 Å². The van der Waals surface area contributed by atoms with Crippen LogP contribution in [0, 0.1) is 17.8 Å². The number of nitrogens with one attached hydrogen (secondary N) is 2. The predicted octanol–water partition coefficient (Wildman–Crippen LogP) is 4.55. The minimum atomic E-state index is -3.81. The van der Waals surface area contributed by atoms with Crippen LogP contribution < -0.4 is 10.0 Å². The number of allylic oxidation sites excluding steroid dienone is 1. The quantitative estimate of drug-likeness (QED) is 0.370. The van der Waals surface area contributed by atoms with E-state index < -0.39 is 56.5 Å². The van der Waals surface area contributed by atoms with E-state index in [1.54, 1.807) is 18.0 Å². The molecule has 0 saturated heterocycles. The van der Waals surface area contributed by atoms with Crippen molar-refractivity contribution >= 4 is 39.5 Å². The van der Waals surface area contributed by atoms with Crippen molar-refractivity contribution in [3.8, 4) is 11.1 Å². The summed E-state index contributed by atoms with van der Waals surface area (Å²) in [6.07, 6.45) is 10.8. The van der Waals surface area contributed by atoms with E-state index in [1.165, 1.54) is 0 Å². The second-order valence-corrected chi connectivity index (χ2v) is 15.9. The highest BCUT2D eigenvalue weighted by Crippen LogP contribution is 2.46. The lowest BCUT2D eigenvalue weighted by Gasteiger charge is -2.26. The zero-order valence-electron chi connectivity index (χ0n) is 27.2. The summed E-state index contributed by atoms with van der Waals surface area (Å²) in [5.41, 5.74) is 4.45. The number of benzene rings is 2. The Morgan fingerprint density at radius 2 is 1.81 bits per heavy atom. The fraction of sp³-hybridized carbons (Fsp3) is 0.459. The number of oxime groups is 1. The van der Waals surface area contributed by atoms with Crippen LogP contribution in [0.25, 0.3) is 17.2 Å². The van der Waals surface area contributed by atoms with Crippen molar-refractivity contribution in [3.05, 3.63) is 77.9 Å². The fourth-order valence-corrected chi connectivity index (χ4v) is 8.82. The van der Waals surface area contributed by atoms with Crippen LogP contribution in [0.5, 0.6) is 0 Å². The van der Waals surface area contributed by atoms with E-state index in [1.807, 2.05) is 18.2 Å². The third kappa shape index (κ3) is 6.08. The van der Waals surface area contributed by atoms with Crippen molar-refractivity contribution in [2.75, 3.05) is 13.6 Å². The predicted molar refractivity (Wildman–Crippen MR) is 183 cm³/mol. The maximum absolute atomic E-state index is 14.0. The summed E-state index contributed by atoms with van der Waals surface area (Å²) < 4.78 is 27.4. The van der Waals surface area contributed by atoms with E-state index in [9.17, 15) is 22.8 Å². The first-order valence-electron chi connectivity index (χ1n) is 17.0. The van der Waals surface area contributed by atoms with E-state index in [-0.39, 0.29) is 25.2 Å². The molecule has 5 aliphatic rings. The molecule has 10 nitrogen and oxygen atoms in total. The molecule has 0 radical (unpaired) electrons. The minimum Gasteiger partial charge on any atom is -0.392 e. The molecule has 7 rings (SSSR count). The van der Waals surface area contributed by atoms with Crippen LogP contribution >= 0.6 is 0 Å². The van der Waals surface area contributed by atoms with E-state index in [0.717, 1.165) is 53.5 Å². The smallest absolute Gasteiger partial charge is 0.259 e. The van der Waals surface area contributed by atoms with Gasteiger partial charge in [-0.1, -0.05) is 66.2 Å². The molecule has 11 heteroatoms. The van der Waals surface area contributed by atoms with Gasteiger partial charge in [0.25, 0.3) is 5.91 Å². The number of nitrogens with zero attached hydrogens (tertiary/aromatic N) is 2. The van der Waals surface area contributed by atoms with Crippen molar-refractivity contribution in [2.45, 2.75) is 74.7 Å². The Morgan fingerprint density at radius 1 is 1.04 bits per heavy atom. The molecule has 3 saturated carbocycles. The third-order valence-electron chi connectivity index (χ3n) is 10.5. The van der Waals surface area contributed by atoms with Crippen LogP contribution in [0.1, 0.15) is 74.5 Å². The Bertz CT molecular complexity index is 1830. The number of carbonyl (C=O) groups is 3. The molecule has 5 atom stereocenters. The topological polar surface area (TPSA) is 134 Å². The molecule has 3 amide bonds. The number of fused-ring (bicyclic) bond motifs is 6. The van der Waals surface area contributed by atoms with Crippen molar-refractivity contribution in [1.82, 2.24) is 14.9 Å². The number of sulfonamides is 1. The summed E-state index contributed by atoms with van der Waals surface area (Å²) in [5.74, 6) is -3.27. The molecular formula is C37H42N4O6S. The number of amides is 3. The molecule has 4 bridgehead atoms. The number of rotatable bonds is 6. The van der Waals surface area contributed by atoms with Gasteiger partial charge in [-0.3, -0.25) is 19.1 Å². The van der Waals surface area contributed by atoms with Gasteiger partial charge in [0.1, 0.15) is 17.4 Å². The maximum Gasteiger partial charge on any atom is 0.259 e. The largest absolute Gasteiger partial charge is 0.392 e. The van der Waals surface area contributed by atoms with E-state index in [0.29, 0.717) is 25.1 Å². The molecule has 252 valence electrons. The van der Waals surface area contributed by atoms with Crippen molar-refractivity contribution in [2.24, 2.45) is 22.9 Å². The van der Waals surface area contributed by atoms with Gasteiger partial charge >= 0.3 is 0 Å². The van der Waals surface area contributed by atoms with Crippen LogP contribution in [-0.2, 0) is 29.2 Å². The van der Waals surface area contributed by atoms with Gasteiger partial charge in [0.15, 0.2) is 0 Å². The van der Waals surface area contributed by atoms with Gasteiger partial charge in [0.05, 0.1) is 17.1 Å². The highest BCUT2D eigenvalue weighted by Gasteiger charge is 2.62. The van der Waals surface area contributed by atoms with Crippen LogP contribution in [-0.4, -0.2) is 67.2 Å². The lowest BCUT2D eigenvalue weighted by Crippen LogP contribution is -2.54. The Kier molecular flexibility index (Phi) is 8.51. The Morgan fingerprint density at radius 3 is 2.56 bits per heavy atom. The molecule has 4 aliphatic carbocycles. The monoisotopic (exact) mass is 670 g/mol. The molecule has 48 heavy (non-hydrogen) atoms. The first-order valence-corrected chi connectivity index (χ1v) is 18.6. The van der Waals surface area contributed by atoms with E-state index in [2.05, 4.69) is 58.2 Å². The molecule has 1 heterocycles. The summed E-state index contributed by atoms with van der Waals surface area (Å²) in [5, 5.41) is 6.98. The van der Waals surface area contributed by atoms with Crippen molar-refractivity contribution in [1.29, 1.82) is 0 Å². The molecule has 3 fully saturated rings. The van der Waals surface area contributed by atoms with Gasteiger partial charge in [-0.25, -0.2) is 8.42 Å². The summed E-state index contributed by atoms with van der Waals surface area (Å²) in [4.78, 5) is 49.2.